The van der Waals surface area contributed by atoms with Gasteiger partial charge in [-0.15, -0.1) is 0 Å². The van der Waals surface area contributed by atoms with Gasteiger partial charge in [0.2, 0.25) is 0 Å². The number of hydrogen-bond acceptors (Lipinski definition) is 4. The van der Waals surface area contributed by atoms with Gasteiger partial charge in [0.15, 0.2) is 0 Å². The maximum Gasteiger partial charge on any atom is 0.492 e. The maximum atomic E-state index is 13.5. The van der Waals surface area contributed by atoms with E-state index in [2.05, 4.69) is 5.32 Å². The number of aliphatic hydroxyl groups is 1. The molecule has 0 radical (unpaired) electrons. The summed E-state index contributed by atoms with van der Waals surface area (Å²) < 4.78 is 19.0. The predicted molar refractivity (Wildman–Crippen MR) is 82.8 cm³/mol. The molecular formula is C15H25BFNO3. The molecule has 0 amide bonds. The molecule has 0 atom stereocenters. The third-order valence-electron chi connectivity index (χ3n) is 3.82. The first-order chi connectivity index (χ1) is 9.58. The first-order valence-electron chi connectivity index (χ1n) is 7.16. The van der Waals surface area contributed by atoms with Gasteiger partial charge in [-0.25, -0.2) is 4.39 Å². The molecule has 0 saturated carbocycles. The van der Waals surface area contributed by atoms with Crippen molar-refractivity contribution in [1.29, 1.82) is 0 Å². The van der Waals surface area contributed by atoms with Crippen LogP contribution in [0.15, 0.2) is 18.2 Å². The van der Waals surface area contributed by atoms with Crippen LogP contribution in [0.25, 0.3) is 0 Å². The molecule has 0 fully saturated rings. The van der Waals surface area contributed by atoms with E-state index in [0.29, 0.717) is 12.0 Å². The van der Waals surface area contributed by atoms with Crippen LogP contribution in [0.1, 0.15) is 40.2 Å². The standard InChI is InChI=1S/C15H25BFNO3/c1-6-18-10-11-7-8-12(17)9-13(11)16(20)21-15(4,5)14(2,3)19/h7-9,18-20H,6,10H2,1-5H3. The summed E-state index contributed by atoms with van der Waals surface area (Å²) in [5.74, 6) is -0.436. The van der Waals surface area contributed by atoms with Gasteiger partial charge in [0.05, 0.1) is 11.2 Å². The van der Waals surface area contributed by atoms with E-state index in [9.17, 15) is 14.5 Å². The summed E-state index contributed by atoms with van der Waals surface area (Å²) in [4.78, 5) is 0. The smallest absolute Gasteiger partial charge is 0.423 e. The van der Waals surface area contributed by atoms with Crippen molar-refractivity contribution in [2.75, 3.05) is 6.54 Å². The summed E-state index contributed by atoms with van der Waals surface area (Å²) in [6.07, 6.45) is 0. The molecule has 1 aromatic rings. The quantitative estimate of drug-likeness (QED) is 0.662. The van der Waals surface area contributed by atoms with Gasteiger partial charge in [0, 0.05) is 6.54 Å². The van der Waals surface area contributed by atoms with Crippen molar-refractivity contribution in [3.8, 4) is 0 Å². The van der Waals surface area contributed by atoms with Crippen LogP contribution >= 0.6 is 0 Å². The number of hydrogen-bond donors (Lipinski definition) is 3. The lowest BCUT2D eigenvalue weighted by Gasteiger charge is -2.38. The van der Waals surface area contributed by atoms with E-state index >= 15 is 0 Å². The monoisotopic (exact) mass is 297 g/mol. The van der Waals surface area contributed by atoms with E-state index in [0.717, 1.165) is 12.1 Å². The molecule has 0 aliphatic rings. The largest absolute Gasteiger partial charge is 0.492 e. The van der Waals surface area contributed by atoms with E-state index in [-0.39, 0.29) is 0 Å². The molecule has 0 saturated heterocycles. The summed E-state index contributed by atoms with van der Waals surface area (Å²) in [5, 5.41) is 23.5. The zero-order chi connectivity index (χ0) is 16.3. The Kier molecular flexibility index (Phi) is 5.93. The Morgan fingerprint density at radius 1 is 1.29 bits per heavy atom. The summed E-state index contributed by atoms with van der Waals surface area (Å²) in [5.41, 5.74) is -1.01. The summed E-state index contributed by atoms with van der Waals surface area (Å²) in [6.45, 7) is 9.81. The van der Waals surface area contributed by atoms with Gasteiger partial charge in [0.1, 0.15) is 5.82 Å². The lowest BCUT2D eigenvalue weighted by atomic mass is 9.74. The zero-order valence-electron chi connectivity index (χ0n) is 13.4. The van der Waals surface area contributed by atoms with Crippen molar-refractivity contribution in [1.82, 2.24) is 5.32 Å². The molecule has 0 unspecified atom stereocenters. The number of halogens is 1. The predicted octanol–water partition coefficient (Wildman–Crippen LogP) is 1.19. The first-order valence-corrected chi connectivity index (χ1v) is 7.16. The van der Waals surface area contributed by atoms with Crippen LogP contribution in [0.4, 0.5) is 4.39 Å². The zero-order valence-corrected chi connectivity index (χ0v) is 13.4. The fourth-order valence-corrected chi connectivity index (χ4v) is 1.70. The second kappa shape index (κ2) is 6.88. The van der Waals surface area contributed by atoms with E-state index < -0.39 is 24.1 Å². The molecule has 1 aromatic carbocycles. The number of benzene rings is 1. The van der Waals surface area contributed by atoms with Gasteiger partial charge in [-0.2, -0.15) is 0 Å². The lowest BCUT2D eigenvalue weighted by molar-refractivity contribution is -0.0982. The van der Waals surface area contributed by atoms with Crippen LogP contribution in [0.2, 0.25) is 0 Å². The molecule has 1 rings (SSSR count). The fraction of sp³-hybridized carbons (Fsp3) is 0.600. The van der Waals surface area contributed by atoms with E-state index in [4.69, 9.17) is 4.65 Å². The Bertz CT molecular complexity index is 474. The first kappa shape index (κ1) is 18.1. The lowest BCUT2D eigenvalue weighted by Crippen LogP contribution is -2.53. The van der Waals surface area contributed by atoms with Crippen LogP contribution in [0.3, 0.4) is 0 Å². The Labute approximate surface area is 126 Å². The van der Waals surface area contributed by atoms with Gasteiger partial charge >= 0.3 is 7.12 Å². The van der Waals surface area contributed by atoms with Crippen LogP contribution in [-0.4, -0.2) is 35.0 Å². The van der Waals surface area contributed by atoms with Gasteiger partial charge in [0.25, 0.3) is 0 Å². The van der Waals surface area contributed by atoms with Gasteiger partial charge in [-0.3, -0.25) is 0 Å². The number of rotatable bonds is 7. The SMILES string of the molecule is CCNCc1ccc(F)cc1B(O)OC(C)(C)C(C)(C)O. The minimum absolute atomic E-state index is 0.369. The highest BCUT2D eigenvalue weighted by Crippen LogP contribution is 2.25. The molecule has 3 N–H and O–H groups in total. The van der Waals surface area contributed by atoms with Crippen molar-refractivity contribution < 1.29 is 19.2 Å². The van der Waals surface area contributed by atoms with Crippen LogP contribution < -0.4 is 10.8 Å². The van der Waals surface area contributed by atoms with Crippen LogP contribution in [0.5, 0.6) is 0 Å². The van der Waals surface area contributed by atoms with Gasteiger partial charge in [-0.05, 0) is 57.4 Å². The van der Waals surface area contributed by atoms with Crippen LogP contribution in [-0.2, 0) is 11.2 Å². The van der Waals surface area contributed by atoms with Crippen molar-refractivity contribution in [2.45, 2.75) is 52.4 Å². The molecule has 0 spiro atoms. The molecule has 21 heavy (non-hydrogen) atoms. The Balaban J connectivity index is 3.00. The Hall–Kier alpha value is -0.945. The highest BCUT2D eigenvalue weighted by atomic mass is 19.1. The molecule has 118 valence electrons. The van der Waals surface area contributed by atoms with E-state index in [1.165, 1.54) is 12.1 Å². The van der Waals surface area contributed by atoms with E-state index in [1.807, 2.05) is 6.92 Å². The molecule has 0 aromatic heterocycles. The minimum atomic E-state index is -1.31. The van der Waals surface area contributed by atoms with E-state index in [1.54, 1.807) is 33.8 Å². The molecule has 0 bridgehead atoms. The molecule has 4 nitrogen and oxygen atoms in total. The maximum absolute atomic E-state index is 13.5. The summed E-state index contributed by atoms with van der Waals surface area (Å²) in [7, 11) is -1.31. The highest BCUT2D eigenvalue weighted by Gasteiger charge is 2.40. The average molecular weight is 297 g/mol. The Morgan fingerprint density at radius 3 is 2.43 bits per heavy atom. The van der Waals surface area contributed by atoms with Crippen molar-refractivity contribution >= 4 is 12.6 Å². The molecular weight excluding hydrogens is 272 g/mol. The van der Waals surface area contributed by atoms with Crippen molar-refractivity contribution in [3.63, 3.8) is 0 Å². The number of nitrogens with one attached hydrogen (secondary N) is 1. The Morgan fingerprint density at radius 2 is 1.90 bits per heavy atom. The fourth-order valence-electron chi connectivity index (χ4n) is 1.70. The second-order valence-corrected chi connectivity index (χ2v) is 6.16. The van der Waals surface area contributed by atoms with Crippen molar-refractivity contribution in [3.05, 3.63) is 29.6 Å². The molecule has 0 aliphatic heterocycles. The van der Waals surface area contributed by atoms with Crippen LogP contribution in [0, 0.1) is 5.82 Å². The molecule has 0 heterocycles. The minimum Gasteiger partial charge on any atom is -0.423 e. The highest BCUT2D eigenvalue weighted by molar-refractivity contribution is 6.60. The second-order valence-electron chi connectivity index (χ2n) is 6.16. The normalized spacial score (nSPS) is 12.6. The average Bonchev–Trinajstić information content (AvgIpc) is 2.35. The van der Waals surface area contributed by atoms with Crippen molar-refractivity contribution in [2.24, 2.45) is 0 Å². The molecule has 6 heteroatoms. The summed E-state index contributed by atoms with van der Waals surface area (Å²) in [6, 6.07) is 4.23. The topological polar surface area (TPSA) is 61.7 Å². The summed E-state index contributed by atoms with van der Waals surface area (Å²) >= 11 is 0. The van der Waals surface area contributed by atoms with Gasteiger partial charge in [-0.1, -0.05) is 13.0 Å². The van der Waals surface area contributed by atoms with Gasteiger partial charge < -0.3 is 20.1 Å². The molecule has 0 aliphatic carbocycles. The third-order valence-corrected chi connectivity index (χ3v) is 3.82. The third kappa shape index (κ3) is 4.78.